The minimum Gasteiger partial charge on any atom is -0.373 e. The van der Waals surface area contributed by atoms with Gasteiger partial charge in [-0.1, -0.05) is 0 Å². The maximum absolute atomic E-state index is 11.3. The summed E-state index contributed by atoms with van der Waals surface area (Å²) in [5.74, 6) is 0.368. The molecule has 0 fully saturated rings. The Hall–Kier alpha value is -1.16. The molecule has 0 amide bonds. The third-order valence-electron chi connectivity index (χ3n) is 1.51. The topological polar surface area (TPSA) is 44.1 Å². The number of aryl methyl sites for hydroxylation is 1. The normalized spacial score (nSPS) is 10.2. The van der Waals surface area contributed by atoms with E-state index in [2.05, 4.69) is 4.98 Å². The molecule has 0 radical (unpaired) electrons. The van der Waals surface area contributed by atoms with Gasteiger partial charge in [0, 0.05) is 26.0 Å². The Balaban J connectivity index is 2.59. The van der Waals surface area contributed by atoms with E-state index in [1.54, 1.807) is 24.0 Å². The largest absolute Gasteiger partial charge is 0.373 e. The summed E-state index contributed by atoms with van der Waals surface area (Å²) in [5.41, 5.74) is 0. The van der Waals surface area contributed by atoms with Gasteiger partial charge in [0.1, 0.15) is 6.61 Å². The highest BCUT2D eigenvalue weighted by molar-refractivity contribution is 5.93. The van der Waals surface area contributed by atoms with Crippen molar-refractivity contribution in [1.29, 1.82) is 0 Å². The Bertz CT molecular complexity index is 268. The van der Waals surface area contributed by atoms with Crippen molar-refractivity contribution >= 4 is 5.78 Å². The molecule has 0 N–H and O–H groups in total. The molecule has 0 spiro atoms. The van der Waals surface area contributed by atoms with Gasteiger partial charge < -0.3 is 9.30 Å². The number of nitrogens with zero attached hydrogens (tertiary/aromatic N) is 2. The molecule has 0 unspecified atom stereocenters. The second kappa shape index (κ2) is 4.01. The highest BCUT2D eigenvalue weighted by Gasteiger charge is 2.09. The van der Waals surface area contributed by atoms with Crippen LogP contribution in [0.25, 0.3) is 0 Å². The van der Waals surface area contributed by atoms with Crippen molar-refractivity contribution in [3.63, 3.8) is 0 Å². The van der Waals surface area contributed by atoms with Crippen LogP contribution in [0.4, 0.5) is 0 Å². The van der Waals surface area contributed by atoms with E-state index in [9.17, 15) is 4.79 Å². The van der Waals surface area contributed by atoms with Crippen LogP contribution in [0.15, 0.2) is 12.4 Å². The standard InChI is InChI=1S/C8H12N2O2/c1-3-12-6-7(11)8-9-4-5-10(8)2/h4-5H,3,6H2,1-2H3. The zero-order valence-electron chi connectivity index (χ0n) is 7.28. The molecule has 0 atom stereocenters. The highest BCUT2D eigenvalue weighted by Crippen LogP contribution is 1.95. The maximum Gasteiger partial charge on any atom is 0.223 e. The van der Waals surface area contributed by atoms with Crippen LogP contribution >= 0.6 is 0 Å². The van der Waals surface area contributed by atoms with Crippen LogP contribution in [0.3, 0.4) is 0 Å². The van der Waals surface area contributed by atoms with Gasteiger partial charge in [0.25, 0.3) is 0 Å². The molecule has 0 saturated carbocycles. The van der Waals surface area contributed by atoms with E-state index in [1.807, 2.05) is 6.92 Å². The monoisotopic (exact) mass is 168 g/mol. The maximum atomic E-state index is 11.3. The lowest BCUT2D eigenvalue weighted by Gasteiger charge is -2.00. The molecule has 12 heavy (non-hydrogen) atoms. The first-order valence-electron chi connectivity index (χ1n) is 3.84. The minimum absolute atomic E-state index is 0.0793. The molecule has 0 aliphatic heterocycles. The molecule has 1 aromatic heterocycles. The number of aromatic nitrogens is 2. The average Bonchev–Trinajstić information content (AvgIpc) is 2.47. The first kappa shape index (κ1) is 8.93. The van der Waals surface area contributed by atoms with Gasteiger partial charge in [0.15, 0.2) is 5.82 Å². The first-order valence-corrected chi connectivity index (χ1v) is 3.84. The second-order valence-corrected chi connectivity index (χ2v) is 2.42. The van der Waals surface area contributed by atoms with E-state index in [-0.39, 0.29) is 12.4 Å². The number of hydrogen-bond acceptors (Lipinski definition) is 3. The van der Waals surface area contributed by atoms with E-state index in [1.165, 1.54) is 0 Å². The minimum atomic E-state index is -0.0793. The summed E-state index contributed by atoms with van der Waals surface area (Å²) in [6, 6.07) is 0. The van der Waals surface area contributed by atoms with Crippen LogP contribution in [-0.4, -0.2) is 28.5 Å². The number of hydrogen-bond donors (Lipinski definition) is 0. The summed E-state index contributed by atoms with van der Waals surface area (Å²) >= 11 is 0. The van der Waals surface area contributed by atoms with Crippen molar-refractivity contribution in [3.05, 3.63) is 18.2 Å². The Morgan fingerprint density at radius 2 is 2.50 bits per heavy atom. The molecule has 1 heterocycles. The van der Waals surface area contributed by atoms with Gasteiger partial charge in [-0.3, -0.25) is 4.79 Å². The van der Waals surface area contributed by atoms with E-state index < -0.39 is 0 Å². The van der Waals surface area contributed by atoms with Crippen molar-refractivity contribution in [2.24, 2.45) is 7.05 Å². The molecular weight excluding hydrogens is 156 g/mol. The summed E-state index contributed by atoms with van der Waals surface area (Å²) in [7, 11) is 1.78. The second-order valence-electron chi connectivity index (χ2n) is 2.42. The zero-order chi connectivity index (χ0) is 8.97. The lowest BCUT2D eigenvalue weighted by Crippen LogP contribution is -2.13. The summed E-state index contributed by atoms with van der Waals surface area (Å²) in [4.78, 5) is 15.2. The fraction of sp³-hybridized carbons (Fsp3) is 0.500. The van der Waals surface area contributed by atoms with Gasteiger partial charge in [-0.2, -0.15) is 0 Å². The third kappa shape index (κ3) is 1.92. The molecular formula is C8H12N2O2. The molecule has 66 valence electrons. The van der Waals surface area contributed by atoms with Crippen LogP contribution in [0.2, 0.25) is 0 Å². The summed E-state index contributed by atoms with van der Waals surface area (Å²) in [6.45, 7) is 2.52. The lowest BCUT2D eigenvalue weighted by molar-refractivity contribution is 0.0770. The van der Waals surface area contributed by atoms with Crippen LogP contribution in [0.5, 0.6) is 0 Å². The Kier molecular flexibility index (Phi) is 2.99. The van der Waals surface area contributed by atoms with Crippen LogP contribution < -0.4 is 0 Å². The van der Waals surface area contributed by atoms with E-state index >= 15 is 0 Å². The summed E-state index contributed by atoms with van der Waals surface area (Å²) in [6.07, 6.45) is 3.33. The number of ether oxygens (including phenoxy) is 1. The Morgan fingerprint density at radius 3 is 3.00 bits per heavy atom. The van der Waals surface area contributed by atoms with Gasteiger partial charge in [0.2, 0.25) is 5.78 Å². The van der Waals surface area contributed by atoms with Crippen LogP contribution in [0, 0.1) is 0 Å². The van der Waals surface area contributed by atoms with E-state index in [0.717, 1.165) is 0 Å². The van der Waals surface area contributed by atoms with Crippen LogP contribution in [-0.2, 0) is 11.8 Å². The summed E-state index contributed by atoms with van der Waals surface area (Å²) in [5, 5.41) is 0. The molecule has 0 aliphatic rings. The van der Waals surface area contributed by atoms with Crippen molar-refractivity contribution in [3.8, 4) is 0 Å². The van der Waals surface area contributed by atoms with Crippen molar-refractivity contribution in [1.82, 2.24) is 9.55 Å². The zero-order valence-corrected chi connectivity index (χ0v) is 7.28. The SMILES string of the molecule is CCOCC(=O)c1nccn1C. The molecule has 0 aromatic carbocycles. The third-order valence-corrected chi connectivity index (χ3v) is 1.51. The van der Waals surface area contributed by atoms with Crippen molar-refractivity contribution in [2.45, 2.75) is 6.92 Å². The molecule has 0 aliphatic carbocycles. The predicted octanol–water partition coefficient (Wildman–Crippen LogP) is 0.639. The highest BCUT2D eigenvalue weighted by atomic mass is 16.5. The average molecular weight is 168 g/mol. The first-order chi connectivity index (χ1) is 5.75. The number of carbonyl (C=O) groups is 1. The molecule has 0 saturated heterocycles. The summed E-state index contributed by atoms with van der Waals surface area (Å²) < 4.78 is 6.65. The number of ketones is 1. The number of rotatable bonds is 4. The van der Waals surface area contributed by atoms with E-state index in [4.69, 9.17) is 4.74 Å². The van der Waals surface area contributed by atoms with Gasteiger partial charge in [-0.15, -0.1) is 0 Å². The van der Waals surface area contributed by atoms with Gasteiger partial charge in [0.05, 0.1) is 0 Å². The van der Waals surface area contributed by atoms with Gasteiger partial charge >= 0.3 is 0 Å². The smallest absolute Gasteiger partial charge is 0.223 e. The van der Waals surface area contributed by atoms with E-state index in [0.29, 0.717) is 12.4 Å². The van der Waals surface area contributed by atoms with Crippen molar-refractivity contribution in [2.75, 3.05) is 13.2 Å². The van der Waals surface area contributed by atoms with Crippen molar-refractivity contribution < 1.29 is 9.53 Å². The molecule has 1 aromatic rings. The van der Waals surface area contributed by atoms with Gasteiger partial charge in [-0.25, -0.2) is 4.98 Å². The molecule has 4 heteroatoms. The molecule has 4 nitrogen and oxygen atoms in total. The Labute approximate surface area is 71.2 Å². The lowest BCUT2D eigenvalue weighted by atomic mass is 10.4. The Morgan fingerprint density at radius 1 is 1.75 bits per heavy atom. The van der Waals surface area contributed by atoms with Crippen LogP contribution in [0.1, 0.15) is 17.5 Å². The quantitative estimate of drug-likeness (QED) is 0.620. The molecule has 0 bridgehead atoms. The number of imidazole rings is 1. The predicted molar refractivity (Wildman–Crippen MR) is 44.0 cm³/mol. The number of carbonyl (C=O) groups excluding carboxylic acids is 1. The van der Waals surface area contributed by atoms with Gasteiger partial charge in [-0.05, 0) is 6.92 Å². The number of Topliss-reactive ketones (excluding diaryl/α,β-unsaturated/α-hetero) is 1. The molecule has 1 rings (SSSR count). The fourth-order valence-corrected chi connectivity index (χ4v) is 0.894. The fourth-order valence-electron chi connectivity index (χ4n) is 0.894.